The van der Waals surface area contributed by atoms with Gasteiger partial charge in [-0.15, -0.1) is 0 Å². The summed E-state index contributed by atoms with van der Waals surface area (Å²) < 4.78 is 4.99. The van der Waals surface area contributed by atoms with E-state index >= 15 is 0 Å². The van der Waals surface area contributed by atoms with Gasteiger partial charge in [0.1, 0.15) is 0 Å². The zero-order valence-electron chi connectivity index (χ0n) is 8.29. The molecule has 0 aliphatic carbocycles. The first-order valence-electron chi connectivity index (χ1n) is 4.61. The summed E-state index contributed by atoms with van der Waals surface area (Å²) in [6.45, 7) is 1.67. The lowest BCUT2D eigenvalue weighted by Gasteiger charge is -2.01. The van der Waals surface area contributed by atoms with Gasteiger partial charge in [-0.2, -0.15) is 11.8 Å². The number of hydrogen-bond acceptors (Lipinski definition) is 4. The Kier molecular flexibility index (Phi) is 8.14. The highest BCUT2D eigenvalue weighted by Crippen LogP contribution is 2.03. The average Bonchev–Trinajstić information content (AvgIpc) is 2.70. The van der Waals surface area contributed by atoms with Crippen LogP contribution in [0.2, 0.25) is 0 Å². The maximum absolute atomic E-state index is 11.4. The molecule has 0 aliphatic rings. The SMILES string of the molecule is C.CSCCNCCC(=O)c1ccco1. The molecular formula is C11H19NO2S. The summed E-state index contributed by atoms with van der Waals surface area (Å²) >= 11 is 1.79. The molecule has 3 nitrogen and oxygen atoms in total. The van der Waals surface area contributed by atoms with E-state index in [1.54, 1.807) is 23.9 Å². The number of thioether (sulfide) groups is 1. The normalized spacial score (nSPS) is 9.67. The second kappa shape index (κ2) is 8.56. The summed E-state index contributed by atoms with van der Waals surface area (Å²) in [6, 6.07) is 3.43. The van der Waals surface area contributed by atoms with Gasteiger partial charge in [0.15, 0.2) is 11.5 Å². The fraction of sp³-hybridized carbons (Fsp3) is 0.545. The van der Waals surface area contributed by atoms with E-state index in [4.69, 9.17) is 4.42 Å². The van der Waals surface area contributed by atoms with E-state index in [9.17, 15) is 4.79 Å². The van der Waals surface area contributed by atoms with Crippen molar-refractivity contribution in [3.8, 4) is 0 Å². The third-order valence-corrected chi connectivity index (χ3v) is 2.42. The van der Waals surface area contributed by atoms with Crippen LogP contribution in [0, 0.1) is 0 Å². The van der Waals surface area contributed by atoms with E-state index < -0.39 is 0 Å². The highest BCUT2D eigenvalue weighted by molar-refractivity contribution is 7.98. The Labute approximate surface area is 95.6 Å². The zero-order valence-corrected chi connectivity index (χ0v) is 9.10. The molecule has 0 aliphatic heterocycles. The molecule has 0 radical (unpaired) electrons. The van der Waals surface area contributed by atoms with E-state index in [2.05, 4.69) is 11.6 Å². The van der Waals surface area contributed by atoms with Crippen LogP contribution < -0.4 is 5.32 Å². The lowest BCUT2D eigenvalue weighted by Crippen LogP contribution is -2.20. The molecule has 0 fully saturated rings. The molecule has 0 unspecified atom stereocenters. The lowest BCUT2D eigenvalue weighted by atomic mass is 10.2. The molecule has 1 heterocycles. The summed E-state index contributed by atoms with van der Waals surface area (Å²) in [5.74, 6) is 1.60. The van der Waals surface area contributed by atoms with Gasteiger partial charge in [0.25, 0.3) is 0 Å². The van der Waals surface area contributed by atoms with Crippen LogP contribution in [0.4, 0.5) is 0 Å². The highest BCUT2D eigenvalue weighted by Gasteiger charge is 2.06. The Morgan fingerprint density at radius 1 is 1.53 bits per heavy atom. The van der Waals surface area contributed by atoms with E-state index in [0.717, 1.165) is 18.8 Å². The van der Waals surface area contributed by atoms with Crippen molar-refractivity contribution in [3.63, 3.8) is 0 Å². The predicted molar refractivity (Wildman–Crippen MR) is 65.6 cm³/mol. The summed E-state index contributed by atoms with van der Waals surface area (Å²) in [7, 11) is 0. The Morgan fingerprint density at radius 2 is 2.33 bits per heavy atom. The summed E-state index contributed by atoms with van der Waals surface area (Å²) in [5, 5.41) is 3.20. The number of carbonyl (C=O) groups excluding carboxylic acids is 1. The van der Waals surface area contributed by atoms with Crippen LogP contribution >= 0.6 is 11.8 Å². The molecule has 1 N–H and O–H groups in total. The molecule has 1 aromatic heterocycles. The fourth-order valence-corrected chi connectivity index (χ4v) is 1.41. The summed E-state index contributed by atoms with van der Waals surface area (Å²) in [6.07, 6.45) is 4.09. The van der Waals surface area contributed by atoms with Gasteiger partial charge in [-0.25, -0.2) is 0 Å². The van der Waals surface area contributed by atoms with Gasteiger partial charge in [-0.1, -0.05) is 7.43 Å². The molecule has 1 rings (SSSR count). The monoisotopic (exact) mass is 229 g/mol. The number of Topliss-reactive ketones (excluding diaryl/α,β-unsaturated/α-hetero) is 1. The van der Waals surface area contributed by atoms with Crippen molar-refractivity contribution in [3.05, 3.63) is 24.2 Å². The molecule has 0 aromatic carbocycles. The molecule has 0 atom stereocenters. The molecule has 86 valence electrons. The molecular weight excluding hydrogens is 210 g/mol. The smallest absolute Gasteiger partial charge is 0.199 e. The molecule has 0 saturated carbocycles. The first-order chi connectivity index (χ1) is 6.84. The largest absolute Gasteiger partial charge is 0.461 e. The Balaban J connectivity index is 0.00000196. The van der Waals surface area contributed by atoms with Crippen LogP contribution in [0.25, 0.3) is 0 Å². The number of furan rings is 1. The number of ketones is 1. The number of nitrogens with one attached hydrogen (secondary N) is 1. The van der Waals surface area contributed by atoms with Crippen molar-refractivity contribution in [1.29, 1.82) is 0 Å². The van der Waals surface area contributed by atoms with Crippen LogP contribution in [-0.4, -0.2) is 30.9 Å². The first kappa shape index (κ1) is 14.3. The van der Waals surface area contributed by atoms with Crippen molar-refractivity contribution < 1.29 is 9.21 Å². The first-order valence-corrected chi connectivity index (χ1v) is 6.00. The van der Waals surface area contributed by atoms with Crippen molar-refractivity contribution in [2.45, 2.75) is 13.8 Å². The van der Waals surface area contributed by atoms with Gasteiger partial charge in [0, 0.05) is 25.3 Å². The average molecular weight is 229 g/mol. The minimum absolute atomic E-state index is 0. The van der Waals surface area contributed by atoms with E-state index in [1.165, 1.54) is 6.26 Å². The molecule has 0 spiro atoms. The maximum Gasteiger partial charge on any atom is 0.199 e. The van der Waals surface area contributed by atoms with E-state index in [-0.39, 0.29) is 13.2 Å². The lowest BCUT2D eigenvalue weighted by molar-refractivity contribution is 0.0956. The zero-order chi connectivity index (χ0) is 10.2. The quantitative estimate of drug-likeness (QED) is 0.576. The summed E-state index contributed by atoms with van der Waals surface area (Å²) in [5.41, 5.74) is 0. The molecule has 1 aromatic rings. The van der Waals surface area contributed by atoms with Crippen molar-refractivity contribution >= 4 is 17.5 Å². The van der Waals surface area contributed by atoms with Crippen molar-refractivity contribution in [2.75, 3.05) is 25.1 Å². The van der Waals surface area contributed by atoms with Crippen LogP contribution in [-0.2, 0) is 0 Å². The predicted octanol–water partition coefficient (Wildman–Crippen LogP) is 2.44. The molecule has 0 saturated heterocycles. The Bertz CT molecular complexity index is 260. The van der Waals surface area contributed by atoms with Crippen LogP contribution in [0.1, 0.15) is 24.4 Å². The number of carbonyl (C=O) groups is 1. The third kappa shape index (κ3) is 5.64. The van der Waals surface area contributed by atoms with Gasteiger partial charge in [0.2, 0.25) is 0 Å². The second-order valence-electron chi connectivity index (χ2n) is 2.89. The van der Waals surface area contributed by atoms with Crippen LogP contribution in [0.3, 0.4) is 0 Å². The highest BCUT2D eigenvalue weighted by atomic mass is 32.2. The standard InChI is InChI=1S/C10H15NO2S.CH4/c1-14-8-6-11-5-4-9(12)10-3-2-7-13-10;/h2-3,7,11H,4-6,8H2,1H3;1H4. The minimum Gasteiger partial charge on any atom is -0.461 e. The Hall–Kier alpha value is -0.740. The van der Waals surface area contributed by atoms with E-state index in [1.807, 2.05) is 0 Å². The van der Waals surface area contributed by atoms with Gasteiger partial charge < -0.3 is 9.73 Å². The summed E-state index contributed by atoms with van der Waals surface area (Å²) in [4.78, 5) is 11.4. The van der Waals surface area contributed by atoms with Crippen LogP contribution in [0.15, 0.2) is 22.8 Å². The van der Waals surface area contributed by atoms with Crippen LogP contribution in [0.5, 0.6) is 0 Å². The molecule has 15 heavy (non-hydrogen) atoms. The van der Waals surface area contributed by atoms with Crippen molar-refractivity contribution in [1.82, 2.24) is 5.32 Å². The van der Waals surface area contributed by atoms with Gasteiger partial charge in [-0.05, 0) is 18.4 Å². The van der Waals surface area contributed by atoms with Gasteiger partial charge in [-0.3, -0.25) is 4.79 Å². The van der Waals surface area contributed by atoms with Gasteiger partial charge >= 0.3 is 0 Å². The topological polar surface area (TPSA) is 42.2 Å². The van der Waals surface area contributed by atoms with Gasteiger partial charge in [0.05, 0.1) is 6.26 Å². The minimum atomic E-state index is 0. The maximum atomic E-state index is 11.4. The molecule has 0 bridgehead atoms. The van der Waals surface area contributed by atoms with Crippen molar-refractivity contribution in [2.24, 2.45) is 0 Å². The third-order valence-electron chi connectivity index (χ3n) is 1.81. The van der Waals surface area contributed by atoms with E-state index in [0.29, 0.717) is 12.2 Å². The fourth-order valence-electron chi connectivity index (χ4n) is 1.06. The number of rotatable bonds is 7. The second-order valence-corrected chi connectivity index (χ2v) is 3.88. The molecule has 0 amide bonds. The number of hydrogen-bond donors (Lipinski definition) is 1. The molecule has 4 heteroatoms. The Morgan fingerprint density at radius 3 is 2.93 bits per heavy atom.